The number of likely N-dealkylation sites (N-methyl/N-ethyl adjacent to an activating group) is 1. The van der Waals surface area contributed by atoms with E-state index >= 15 is 0 Å². The predicted molar refractivity (Wildman–Crippen MR) is 131 cm³/mol. The number of piperazine rings is 1. The summed E-state index contributed by atoms with van der Waals surface area (Å²) in [7, 11) is 5.51. The lowest BCUT2D eigenvalue weighted by Crippen LogP contribution is -2.44. The second-order valence-electron chi connectivity index (χ2n) is 8.14. The molecule has 0 bridgehead atoms. The number of methoxy groups -OCH3 is 2. The lowest BCUT2D eigenvalue weighted by Gasteiger charge is -2.34. The monoisotopic (exact) mass is 444 g/mol. The fourth-order valence-electron chi connectivity index (χ4n) is 4.19. The molecule has 0 radical (unpaired) electrons. The summed E-state index contributed by atoms with van der Waals surface area (Å²) in [6.07, 6.45) is 1.81. The maximum atomic E-state index is 5.60. The van der Waals surface area contributed by atoms with Crippen molar-refractivity contribution in [3.63, 3.8) is 0 Å². The van der Waals surface area contributed by atoms with Crippen molar-refractivity contribution in [3.8, 4) is 22.8 Å². The number of aromatic nitrogens is 3. The second kappa shape index (κ2) is 8.99. The van der Waals surface area contributed by atoms with Gasteiger partial charge < -0.3 is 24.6 Å². The van der Waals surface area contributed by atoms with E-state index < -0.39 is 0 Å². The lowest BCUT2D eigenvalue weighted by molar-refractivity contribution is 0.313. The number of hydrogen-bond donors (Lipinski definition) is 1. The summed E-state index contributed by atoms with van der Waals surface area (Å²) >= 11 is 0. The molecule has 0 aliphatic carbocycles. The number of hydrogen-bond acceptors (Lipinski definition) is 7. The first-order valence-electron chi connectivity index (χ1n) is 11.0. The highest BCUT2D eigenvalue weighted by molar-refractivity contribution is 5.73. The molecule has 1 aliphatic heterocycles. The summed E-state index contributed by atoms with van der Waals surface area (Å²) in [6, 6.07) is 18.2. The van der Waals surface area contributed by atoms with E-state index in [0.717, 1.165) is 65.8 Å². The van der Waals surface area contributed by atoms with Crippen LogP contribution in [0.4, 0.5) is 17.3 Å². The van der Waals surface area contributed by atoms with Gasteiger partial charge in [0, 0.05) is 37.4 Å². The van der Waals surface area contributed by atoms with Gasteiger partial charge in [-0.2, -0.15) is 0 Å². The first-order valence-corrected chi connectivity index (χ1v) is 11.0. The summed E-state index contributed by atoms with van der Waals surface area (Å²) in [5, 5.41) is 8.14. The van der Waals surface area contributed by atoms with Crippen LogP contribution in [0.15, 0.2) is 60.8 Å². The van der Waals surface area contributed by atoms with Gasteiger partial charge in [-0.25, -0.2) is 9.50 Å². The van der Waals surface area contributed by atoms with Gasteiger partial charge in [-0.15, -0.1) is 5.10 Å². The highest BCUT2D eigenvalue weighted by Crippen LogP contribution is 2.33. The third-order valence-corrected chi connectivity index (χ3v) is 6.08. The molecule has 8 heteroatoms. The standard InChI is InChI=1S/C25H28N6O2/c1-29-12-14-30(15-13-29)18-9-11-24(33-3)21(16-18)27-25-26-17-19-8-10-22(31(19)28-25)20-6-4-5-7-23(20)32-2/h4-11,16-17H,12-15H2,1-3H3,(H,27,28). The SMILES string of the molecule is COc1ccc(N2CCN(C)CC2)cc1Nc1ncc2ccc(-c3ccccc3OC)n2n1. The second-order valence-corrected chi connectivity index (χ2v) is 8.14. The van der Waals surface area contributed by atoms with Crippen LogP contribution in [0.3, 0.4) is 0 Å². The minimum absolute atomic E-state index is 0.490. The zero-order valence-electron chi connectivity index (χ0n) is 19.2. The summed E-state index contributed by atoms with van der Waals surface area (Å²) in [6.45, 7) is 4.09. The van der Waals surface area contributed by atoms with Gasteiger partial charge in [0.25, 0.3) is 0 Å². The molecule has 2 aromatic carbocycles. The molecule has 0 saturated carbocycles. The molecule has 170 valence electrons. The normalized spacial score (nSPS) is 14.5. The van der Waals surface area contributed by atoms with Crippen molar-refractivity contribution in [2.45, 2.75) is 0 Å². The molecule has 0 unspecified atom stereocenters. The highest BCUT2D eigenvalue weighted by Gasteiger charge is 2.17. The van der Waals surface area contributed by atoms with Gasteiger partial charge in [-0.3, -0.25) is 0 Å². The van der Waals surface area contributed by atoms with Crippen LogP contribution in [-0.4, -0.2) is 66.9 Å². The minimum Gasteiger partial charge on any atom is -0.496 e. The van der Waals surface area contributed by atoms with Crippen molar-refractivity contribution in [1.82, 2.24) is 19.5 Å². The Bertz CT molecular complexity index is 1260. The first-order chi connectivity index (χ1) is 16.2. The van der Waals surface area contributed by atoms with Crippen molar-refractivity contribution >= 4 is 22.8 Å². The van der Waals surface area contributed by atoms with Crippen LogP contribution >= 0.6 is 0 Å². The molecule has 2 aromatic heterocycles. The molecule has 4 aromatic rings. The molecule has 0 spiro atoms. The Hall–Kier alpha value is -3.78. The molecule has 3 heterocycles. The smallest absolute Gasteiger partial charge is 0.245 e. The van der Waals surface area contributed by atoms with Crippen molar-refractivity contribution in [2.24, 2.45) is 0 Å². The molecule has 0 amide bonds. The molecule has 5 rings (SSSR count). The number of anilines is 3. The number of fused-ring (bicyclic) bond motifs is 1. The quantitative estimate of drug-likeness (QED) is 0.484. The lowest BCUT2D eigenvalue weighted by atomic mass is 10.1. The molecule has 8 nitrogen and oxygen atoms in total. The summed E-state index contributed by atoms with van der Waals surface area (Å²) < 4.78 is 13.0. The fourth-order valence-corrected chi connectivity index (χ4v) is 4.19. The summed E-state index contributed by atoms with van der Waals surface area (Å²) in [5.41, 5.74) is 4.80. The first kappa shape index (κ1) is 21.1. The predicted octanol–water partition coefficient (Wildman–Crippen LogP) is 3.91. The van der Waals surface area contributed by atoms with Crippen molar-refractivity contribution < 1.29 is 9.47 Å². The van der Waals surface area contributed by atoms with Gasteiger partial charge in [0.15, 0.2) is 0 Å². The van der Waals surface area contributed by atoms with E-state index in [2.05, 4.69) is 39.3 Å². The van der Waals surface area contributed by atoms with Crippen LogP contribution in [0, 0.1) is 0 Å². The molecular formula is C25H28N6O2. The van der Waals surface area contributed by atoms with Crippen molar-refractivity contribution in [2.75, 3.05) is 57.7 Å². The summed E-state index contributed by atoms with van der Waals surface area (Å²) in [4.78, 5) is 9.26. The van der Waals surface area contributed by atoms with Crippen LogP contribution in [-0.2, 0) is 0 Å². The van der Waals surface area contributed by atoms with E-state index in [0.29, 0.717) is 5.95 Å². The highest BCUT2D eigenvalue weighted by atomic mass is 16.5. The Morgan fingerprint density at radius 1 is 0.879 bits per heavy atom. The number of ether oxygens (including phenoxy) is 2. The van der Waals surface area contributed by atoms with Crippen LogP contribution < -0.4 is 19.7 Å². The van der Waals surface area contributed by atoms with Crippen LogP contribution in [0.5, 0.6) is 11.5 Å². The van der Waals surface area contributed by atoms with Gasteiger partial charge in [0.05, 0.1) is 37.3 Å². The largest absolute Gasteiger partial charge is 0.496 e. The zero-order chi connectivity index (χ0) is 22.8. The third-order valence-electron chi connectivity index (χ3n) is 6.08. The Morgan fingerprint density at radius 3 is 2.45 bits per heavy atom. The van der Waals surface area contributed by atoms with Crippen LogP contribution in [0.2, 0.25) is 0 Å². The Morgan fingerprint density at radius 2 is 1.67 bits per heavy atom. The Labute approximate surface area is 193 Å². The Kier molecular flexibility index (Phi) is 5.75. The summed E-state index contributed by atoms with van der Waals surface area (Å²) in [5.74, 6) is 2.03. The number of nitrogens with one attached hydrogen (secondary N) is 1. The van der Waals surface area contributed by atoms with Gasteiger partial charge in [-0.05, 0) is 49.5 Å². The van der Waals surface area contributed by atoms with E-state index in [9.17, 15) is 0 Å². The van der Waals surface area contributed by atoms with Crippen LogP contribution in [0.1, 0.15) is 0 Å². The fraction of sp³-hybridized carbons (Fsp3) is 0.280. The maximum absolute atomic E-state index is 5.60. The molecule has 1 aliphatic rings. The topological polar surface area (TPSA) is 67.2 Å². The number of rotatable bonds is 6. The number of nitrogens with zero attached hydrogens (tertiary/aromatic N) is 5. The average Bonchev–Trinajstić information content (AvgIpc) is 3.27. The van der Waals surface area contributed by atoms with E-state index in [1.54, 1.807) is 14.2 Å². The van der Waals surface area contributed by atoms with Crippen molar-refractivity contribution in [3.05, 3.63) is 60.8 Å². The van der Waals surface area contributed by atoms with Gasteiger partial charge >= 0.3 is 0 Å². The zero-order valence-corrected chi connectivity index (χ0v) is 19.2. The maximum Gasteiger partial charge on any atom is 0.245 e. The number of para-hydroxylation sites is 1. The van der Waals surface area contributed by atoms with Crippen LogP contribution in [0.25, 0.3) is 16.8 Å². The molecule has 1 saturated heterocycles. The third kappa shape index (κ3) is 4.17. The number of benzene rings is 2. The average molecular weight is 445 g/mol. The van der Waals surface area contributed by atoms with E-state index in [-0.39, 0.29) is 0 Å². The molecule has 1 N–H and O–H groups in total. The van der Waals surface area contributed by atoms with Gasteiger partial charge in [0.2, 0.25) is 5.95 Å². The molecular weight excluding hydrogens is 416 g/mol. The van der Waals surface area contributed by atoms with E-state index in [1.165, 1.54) is 0 Å². The van der Waals surface area contributed by atoms with Crippen molar-refractivity contribution in [1.29, 1.82) is 0 Å². The molecule has 1 fully saturated rings. The molecule has 0 atom stereocenters. The van der Waals surface area contributed by atoms with Gasteiger partial charge in [-0.1, -0.05) is 12.1 Å². The molecule has 33 heavy (non-hydrogen) atoms. The van der Waals surface area contributed by atoms with E-state index in [4.69, 9.17) is 14.6 Å². The van der Waals surface area contributed by atoms with Gasteiger partial charge in [0.1, 0.15) is 11.5 Å². The van der Waals surface area contributed by atoms with E-state index in [1.807, 2.05) is 53.2 Å². The Balaban J connectivity index is 1.48. The minimum atomic E-state index is 0.490.